The molecule has 0 aromatic heterocycles. The summed E-state index contributed by atoms with van der Waals surface area (Å²) in [5.41, 5.74) is 1.65. The van der Waals surface area contributed by atoms with Crippen LogP contribution in [0.15, 0.2) is 12.7 Å². The van der Waals surface area contributed by atoms with Gasteiger partial charge in [0.05, 0.1) is 6.17 Å². The topological polar surface area (TPSA) is 0 Å². The Kier molecular flexibility index (Phi) is 45.3. The predicted molar refractivity (Wildman–Crippen MR) is 270 cm³/mol. The lowest BCUT2D eigenvalue weighted by molar-refractivity contribution is -0.139. The van der Waals surface area contributed by atoms with E-state index in [-0.39, 0.29) is 40.9 Å². The van der Waals surface area contributed by atoms with E-state index in [1.807, 2.05) is 68.4 Å². The smallest absolute Gasteiger partial charge is 0.248 e. The Morgan fingerprint density at radius 1 is 0.468 bits per heavy atom. The second-order valence-electron chi connectivity index (χ2n) is 26.5. The van der Waals surface area contributed by atoms with Crippen molar-refractivity contribution in [2.45, 2.75) is 283 Å². The molecule has 0 radical (unpaired) electrons. The first-order valence-corrected chi connectivity index (χ1v) is 23.7. The Morgan fingerprint density at radius 2 is 0.790 bits per heavy atom. The average molecular weight is 934 g/mol. The minimum absolute atomic E-state index is 0.0312. The fourth-order valence-electron chi connectivity index (χ4n) is 4.02. The average Bonchev–Trinajstić information content (AvgIpc) is 2.91. The summed E-state index contributed by atoms with van der Waals surface area (Å²) in [7, 11) is 0. The fraction of sp³-hybridized carbons (Fsp3) is 0.962. The van der Waals surface area contributed by atoms with Gasteiger partial charge in [0.1, 0.15) is 0 Å². The van der Waals surface area contributed by atoms with E-state index in [1.54, 1.807) is 27.7 Å². The Hall–Kier alpha value is -0.470. The lowest BCUT2D eigenvalue weighted by atomic mass is 9.89. The number of hydrogen-bond donors (Lipinski definition) is 1. The molecule has 0 aromatic rings. The fourth-order valence-corrected chi connectivity index (χ4v) is 4.02. The van der Waals surface area contributed by atoms with E-state index in [1.165, 1.54) is 19.3 Å². The molecule has 0 rings (SSSR count). The third kappa shape index (κ3) is 145. The third-order valence-corrected chi connectivity index (χ3v) is 8.25. The minimum atomic E-state index is -3.99. The summed E-state index contributed by atoms with van der Waals surface area (Å²) < 4.78 is 94.5. The second kappa shape index (κ2) is 35.7. The Morgan fingerprint density at radius 3 is 0.823 bits per heavy atom. The molecule has 9 heteroatoms. The van der Waals surface area contributed by atoms with Crippen LogP contribution in [0.25, 0.3) is 0 Å². The highest BCUT2D eigenvalue weighted by Crippen LogP contribution is 2.31. The molecule has 0 saturated carbocycles. The van der Waals surface area contributed by atoms with Crippen LogP contribution in [0.1, 0.15) is 258 Å². The lowest BCUT2D eigenvalue weighted by Gasteiger charge is -2.22. The highest BCUT2D eigenvalue weighted by Gasteiger charge is 2.29. The molecule has 0 aliphatic rings. The zero-order valence-corrected chi connectivity index (χ0v) is 47.6. The zero-order chi connectivity index (χ0) is 52.6. The number of hydrogen-bond acceptors (Lipinski definition) is 1. The van der Waals surface area contributed by atoms with Gasteiger partial charge in [-0.15, -0.1) is 6.58 Å². The van der Waals surface area contributed by atoms with Crippen LogP contribution in [0, 0.1) is 43.3 Å². The Bertz CT molecular complexity index is 912. The normalized spacial score (nSPS) is 13.1. The molecule has 0 heterocycles. The SMILES string of the molecule is C=CCC(C)(C)C.CC(C)(C)CC(C)(F)F.CC(C)(C)CCC(F)(F)F.CC(C)(C)CCC(F)F.CC(C)(C)CS.CC(F)CC(C)(C)C.CCC(C)(C)C.CCCC(C)(C)C. The maximum absolute atomic E-state index is 12.2. The standard InChI is InChI=1S/C7H13F3.2C7H14F2.C7H15F.C7H16.C7H14.C6H14.C5H12S/c1-6(2,3)4-5-7(8,9)10;1-6(2,3)5-7(4,8)9;1-7(2,3)5-4-6(8)9;1-6(8)5-7(2,3)4;2*1-5-6-7(2,3)4;1-5-6(2,3)4;1-5(2,3)4-6/h4-5H2,1-3H3;5H2,1-4H3;6H,4-5H2,1-3H3;6H,5H2,1-4H3;5-6H2,1-4H3;5H,1,6H2,2-4H3;5H2,1-4H3;6H,4H2,1-3H3. The highest BCUT2D eigenvalue weighted by atomic mass is 32.1. The van der Waals surface area contributed by atoms with Crippen LogP contribution in [-0.2, 0) is 0 Å². The van der Waals surface area contributed by atoms with E-state index >= 15 is 0 Å². The van der Waals surface area contributed by atoms with Crippen molar-refractivity contribution in [3.63, 3.8) is 0 Å². The van der Waals surface area contributed by atoms with Gasteiger partial charge in [-0.2, -0.15) is 25.8 Å². The van der Waals surface area contributed by atoms with Crippen LogP contribution in [0.2, 0.25) is 0 Å². The molecule has 0 N–H and O–H groups in total. The van der Waals surface area contributed by atoms with E-state index in [2.05, 4.69) is 116 Å². The van der Waals surface area contributed by atoms with Crippen molar-refractivity contribution in [3.05, 3.63) is 12.7 Å². The summed E-state index contributed by atoms with van der Waals surface area (Å²) in [5, 5.41) is 0. The van der Waals surface area contributed by atoms with Crippen molar-refractivity contribution in [2.75, 3.05) is 5.75 Å². The molecule has 1 unspecified atom stereocenters. The molecule has 0 aliphatic heterocycles. The summed E-state index contributed by atoms with van der Waals surface area (Å²) in [6, 6.07) is 0. The number of rotatable bonds is 7. The first kappa shape index (κ1) is 78.7. The van der Waals surface area contributed by atoms with Gasteiger partial charge in [-0.05, 0) is 95.0 Å². The van der Waals surface area contributed by atoms with E-state index in [4.69, 9.17) is 0 Å². The summed E-state index contributed by atoms with van der Waals surface area (Å²) >= 11 is 4.10. The van der Waals surface area contributed by atoms with E-state index in [0.717, 1.165) is 19.1 Å². The largest absolute Gasteiger partial charge is 0.389 e. The van der Waals surface area contributed by atoms with Crippen LogP contribution >= 0.6 is 12.6 Å². The Labute approximate surface area is 391 Å². The van der Waals surface area contributed by atoms with Gasteiger partial charge in [0.15, 0.2) is 0 Å². The van der Waals surface area contributed by atoms with Crippen molar-refractivity contribution in [1.82, 2.24) is 0 Å². The van der Waals surface area contributed by atoms with Crippen molar-refractivity contribution in [1.29, 1.82) is 0 Å². The van der Waals surface area contributed by atoms with Crippen molar-refractivity contribution < 1.29 is 35.1 Å². The van der Waals surface area contributed by atoms with Gasteiger partial charge >= 0.3 is 6.18 Å². The summed E-state index contributed by atoms with van der Waals surface area (Å²) in [5.74, 6) is -1.55. The van der Waals surface area contributed by atoms with Gasteiger partial charge in [0, 0.05) is 19.3 Å². The molecule has 0 amide bonds. The van der Waals surface area contributed by atoms with Crippen LogP contribution in [0.4, 0.5) is 35.1 Å². The molecule has 386 valence electrons. The molecule has 0 bridgehead atoms. The van der Waals surface area contributed by atoms with Crippen molar-refractivity contribution in [2.24, 2.45) is 43.3 Å². The van der Waals surface area contributed by atoms with Crippen molar-refractivity contribution in [3.8, 4) is 0 Å². The number of allylic oxidation sites excluding steroid dienone is 1. The van der Waals surface area contributed by atoms with Gasteiger partial charge in [0.25, 0.3) is 0 Å². The molecule has 0 nitrogen and oxygen atoms in total. The van der Waals surface area contributed by atoms with Gasteiger partial charge < -0.3 is 0 Å². The maximum Gasteiger partial charge on any atom is 0.389 e. The monoisotopic (exact) mass is 933 g/mol. The first-order chi connectivity index (χ1) is 26.5. The van der Waals surface area contributed by atoms with Crippen LogP contribution in [0.3, 0.4) is 0 Å². The number of alkyl halides is 8. The summed E-state index contributed by atoms with van der Waals surface area (Å²) in [6.07, 6.45) is 0.983. The molecule has 0 spiro atoms. The molecular weight excluding hydrogens is 821 g/mol. The van der Waals surface area contributed by atoms with Crippen molar-refractivity contribution >= 4 is 12.6 Å². The van der Waals surface area contributed by atoms with E-state index in [0.29, 0.717) is 34.5 Å². The minimum Gasteiger partial charge on any atom is -0.248 e. The quantitative estimate of drug-likeness (QED) is 0.147. The summed E-state index contributed by atoms with van der Waals surface area (Å²) in [4.78, 5) is 0. The van der Waals surface area contributed by atoms with Gasteiger partial charge in [0.2, 0.25) is 12.3 Å². The molecule has 0 saturated heterocycles. The van der Waals surface area contributed by atoms with Gasteiger partial charge in [-0.25, -0.2) is 22.0 Å². The van der Waals surface area contributed by atoms with E-state index < -0.39 is 31.1 Å². The molecule has 1 atom stereocenters. The van der Waals surface area contributed by atoms with Gasteiger partial charge in [-0.1, -0.05) is 199 Å². The Balaban J connectivity index is -0.0000000901. The second-order valence-corrected chi connectivity index (χ2v) is 26.8. The first-order valence-electron chi connectivity index (χ1n) is 23.1. The maximum atomic E-state index is 12.2. The number of thiol groups is 1. The predicted octanol–water partition coefficient (Wildman–Crippen LogP) is 22.2. The van der Waals surface area contributed by atoms with E-state index in [9.17, 15) is 35.1 Å². The van der Waals surface area contributed by atoms with Crippen LogP contribution in [-0.4, -0.2) is 30.4 Å². The van der Waals surface area contributed by atoms with Crippen LogP contribution < -0.4 is 0 Å². The van der Waals surface area contributed by atoms with Crippen LogP contribution in [0.5, 0.6) is 0 Å². The third-order valence-electron chi connectivity index (χ3n) is 7.30. The zero-order valence-electron chi connectivity index (χ0n) is 46.7. The summed E-state index contributed by atoms with van der Waals surface area (Å²) in [6.45, 7) is 60.2. The molecular formula is C53H112F8S. The molecule has 62 heavy (non-hydrogen) atoms. The van der Waals surface area contributed by atoms with Gasteiger partial charge in [-0.3, -0.25) is 0 Å². The molecule has 0 fully saturated rings. The number of halogens is 8. The highest BCUT2D eigenvalue weighted by molar-refractivity contribution is 7.80. The molecule has 0 aromatic carbocycles. The lowest BCUT2D eigenvalue weighted by Crippen LogP contribution is -2.20. The molecule has 0 aliphatic carbocycles.